The number of hydrogen-bond acceptors (Lipinski definition) is 2. The molecule has 0 aromatic heterocycles. The SMILES string of the molecule is COc1ccc(F)cc1C1(N)CCCC(C)(C)C1. The molecular weight excluding hydrogens is 229 g/mol. The monoisotopic (exact) mass is 251 g/mol. The molecule has 1 aliphatic carbocycles. The van der Waals surface area contributed by atoms with Crippen LogP contribution in [-0.2, 0) is 5.54 Å². The smallest absolute Gasteiger partial charge is 0.124 e. The summed E-state index contributed by atoms with van der Waals surface area (Å²) in [7, 11) is 1.61. The highest BCUT2D eigenvalue weighted by Crippen LogP contribution is 2.46. The summed E-state index contributed by atoms with van der Waals surface area (Å²) in [5, 5.41) is 0. The Bertz CT molecular complexity index is 444. The maximum Gasteiger partial charge on any atom is 0.124 e. The molecule has 1 atom stereocenters. The summed E-state index contributed by atoms with van der Waals surface area (Å²) in [6, 6.07) is 4.61. The molecule has 1 fully saturated rings. The molecule has 0 spiro atoms. The lowest BCUT2D eigenvalue weighted by Gasteiger charge is -2.43. The van der Waals surface area contributed by atoms with Crippen molar-refractivity contribution in [3.63, 3.8) is 0 Å². The molecule has 3 heteroatoms. The van der Waals surface area contributed by atoms with E-state index in [2.05, 4.69) is 13.8 Å². The first-order valence-corrected chi connectivity index (χ1v) is 6.49. The van der Waals surface area contributed by atoms with Crippen LogP contribution in [0.3, 0.4) is 0 Å². The van der Waals surface area contributed by atoms with Gasteiger partial charge in [0, 0.05) is 11.1 Å². The Kier molecular flexibility index (Phi) is 3.37. The molecule has 1 saturated carbocycles. The van der Waals surface area contributed by atoms with Crippen molar-refractivity contribution in [3.05, 3.63) is 29.6 Å². The molecule has 0 saturated heterocycles. The van der Waals surface area contributed by atoms with Gasteiger partial charge >= 0.3 is 0 Å². The van der Waals surface area contributed by atoms with E-state index in [0.29, 0.717) is 5.75 Å². The molecule has 2 nitrogen and oxygen atoms in total. The van der Waals surface area contributed by atoms with Crippen molar-refractivity contribution in [2.75, 3.05) is 7.11 Å². The van der Waals surface area contributed by atoms with Gasteiger partial charge in [-0.25, -0.2) is 4.39 Å². The third-order valence-corrected chi connectivity index (χ3v) is 3.97. The van der Waals surface area contributed by atoms with Crippen LogP contribution in [0.4, 0.5) is 4.39 Å². The lowest BCUT2D eigenvalue weighted by Crippen LogP contribution is -2.44. The maximum atomic E-state index is 13.5. The van der Waals surface area contributed by atoms with Crippen molar-refractivity contribution in [2.24, 2.45) is 11.1 Å². The van der Waals surface area contributed by atoms with E-state index in [4.69, 9.17) is 10.5 Å². The van der Waals surface area contributed by atoms with Gasteiger partial charge in [-0.05, 0) is 42.9 Å². The summed E-state index contributed by atoms with van der Waals surface area (Å²) < 4.78 is 18.8. The summed E-state index contributed by atoms with van der Waals surface area (Å²) in [6.45, 7) is 4.44. The summed E-state index contributed by atoms with van der Waals surface area (Å²) in [4.78, 5) is 0. The van der Waals surface area contributed by atoms with Crippen molar-refractivity contribution in [3.8, 4) is 5.75 Å². The Morgan fingerprint density at radius 2 is 2.00 bits per heavy atom. The van der Waals surface area contributed by atoms with E-state index in [1.54, 1.807) is 13.2 Å². The van der Waals surface area contributed by atoms with Crippen LogP contribution in [0.25, 0.3) is 0 Å². The number of halogens is 1. The van der Waals surface area contributed by atoms with Gasteiger partial charge in [-0.2, -0.15) is 0 Å². The van der Waals surface area contributed by atoms with Crippen molar-refractivity contribution >= 4 is 0 Å². The molecule has 1 aromatic carbocycles. The molecule has 0 radical (unpaired) electrons. The Balaban J connectivity index is 2.43. The predicted octanol–water partition coefficient (Wildman–Crippen LogP) is 3.59. The lowest BCUT2D eigenvalue weighted by molar-refractivity contribution is 0.148. The second-order valence-electron chi connectivity index (χ2n) is 6.20. The minimum Gasteiger partial charge on any atom is -0.496 e. The van der Waals surface area contributed by atoms with Crippen LogP contribution in [0.2, 0.25) is 0 Å². The zero-order valence-electron chi connectivity index (χ0n) is 11.4. The van der Waals surface area contributed by atoms with Crippen LogP contribution in [0.15, 0.2) is 18.2 Å². The zero-order chi connectivity index (χ0) is 13.4. The lowest BCUT2D eigenvalue weighted by atomic mass is 9.66. The highest BCUT2D eigenvalue weighted by Gasteiger charge is 2.40. The summed E-state index contributed by atoms with van der Waals surface area (Å²) >= 11 is 0. The first-order valence-electron chi connectivity index (χ1n) is 6.49. The predicted molar refractivity (Wildman–Crippen MR) is 71.1 cm³/mol. The van der Waals surface area contributed by atoms with Crippen LogP contribution >= 0.6 is 0 Å². The van der Waals surface area contributed by atoms with Crippen molar-refractivity contribution in [2.45, 2.75) is 45.1 Å². The minimum absolute atomic E-state index is 0.199. The third-order valence-electron chi connectivity index (χ3n) is 3.97. The summed E-state index contributed by atoms with van der Waals surface area (Å²) in [6.07, 6.45) is 3.99. The standard InChI is InChI=1S/C15H22FNO/c1-14(2)7-4-8-15(17,10-14)12-9-11(16)5-6-13(12)18-3/h5-6,9H,4,7-8,10,17H2,1-3H3. The Morgan fingerprint density at radius 1 is 1.28 bits per heavy atom. The van der Waals surface area contributed by atoms with Gasteiger partial charge in [0.15, 0.2) is 0 Å². The third kappa shape index (κ3) is 2.51. The molecule has 18 heavy (non-hydrogen) atoms. The number of rotatable bonds is 2. The van der Waals surface area contributed by atoms with E-state index in [1.165, 1.54) is 18.6 Å². The van der Waals surface area contributed by atoms with Crippen molar-refractivity contribution in [1.29, 1.82) is 0 Å². The maximum absolute atomic E-state index is 13.5. The summed E-state index contributed by atoms with van der Waals surface area (Å²) in [5.41, 5.74) is 7.08. The number of methoxy groups -OCH3 is 1. The molecule has 2 rings (SSSR count). The van der Waals surface area contributed by atoms with Crippen LogP contribution in [0.1, 0.15) is 45.1 Å². The van der Waals surface area contributed by atoms with Crippen molar-refractivity contribution in [1.82, 2.24) is 0 Å². The first kappa shape index (κ1) is 13.3. The average Bonchev–Trinajstić information content (AvgIpc) is 2.27. The number of nitrogens with two attached hydrogens (primary N) is 1. The van der Waals surface area contributed by atoms with Gasteiger partial charge in [0.2, 0.25) is 0 Å². The Morgan fingerprint density at radius 3 is 2.61 bits per heavy atom. The normalized spacial score (nSPS) is 26.9. The Hall–Kier alpha value is -1.09. The van der Waals surface area contributed by atoms with E-state index >= 15 is 0 Å². The molecule has 1 unspecified atom stereocenters. The van der Waals surface area contributed by atoms with E-state index in [1.807, 2.05) is 0 Å². The molecular formula is C15H22FNO. The molecule has 0 aliphatic heterocycles. The van der Waals surface area contributed by atoms with Gasteiger partial charge in [-0.1, -0.05) is 20.3 Å². The van der Waals surface area contributed by atoms with Gasteiger partial charge in [0.05, 0.1) is 7.11 Å². The molecule has 0 amide bonds. The highest BCUT2D eigenvalue weighted by molar-refractivity contribution is 5.40. The molecule has 0 bridgehead atoms. The fourth-order valence-corrected chi connectivity index (χ4v) is 3.21. The second-order valence-corrected chi connectivity index (χ2v) is 6.20. The molecule has 100 valence electrons. The van der Waals surface area contributed by atoms with E-state index in [0.717, 1.165) is 24.8 Å². The number of benzene rings is 1. The quantitative estimate of drug-likeness (QED) is 0.871. The number of ether oxygens (including phenoxy) is 1. The highest BCUT2D eigenvalue weighted by atomic mass is 19.1. The van der Waals surface area contributed by atoms with Crippen LogP contribution < -0.4 is 10.5 Å². The van der Waals surface area contributed by atoms with Gasteiger partial charge in [-0.3, -0.25) is 0 Å². The molecule has 2 N–H and O–H groups in total. The van der Waals surface area contributed by atoms with Crippen molar-refractivity contribution < 1.29 is 9.13 Å². The zero-order valence-corrected chi connectivity index (χ0v) is 11.4. The van der Waals surface area contributed by atoms with Gasteiger partial charge < -0.3 is 10.5 Å². The van der Waals surface area contributed by atoms with E-state index in [-0.39, 0.29) is 11.2 Å². The molecule has 1 aliphatic rings. The molecule has 0 heterocycles. The van der Waals surface area contributed by atoms with Crippen LogP contribution in [-0.4, -0.2) is 7.11 Å². The molecule has 1 aromatic rings. The van der Waals surface area contributed by atoms with E-state index < -0.39 is 5.54 Å². The fraction of sp³-hybridized carbons (Fsp3) is 0.600. The average molecular weight is 251 g/mol. The van der Waals surface area contributed by atoms with Gasteiger partial charge in [0.25, 0.3) is 0 Å². The van der Waals surface area contributed by atoms with Crippen LogP contribution in [0.5, 0.6) is 5.75 Å². The van der Waals surface area contributed by atoms with Gasteiger partial charge in [0.1, 0.15) is 11.6 Å². The van der Waals surface area contributed by atoms with Crippen LogP contribution in [0, 0.1) is 11.2 Å². The number of hydrogen-bond donors (Lipinski definition) is 1. The minimum atomic E-state index is -0.477. The van der Waals surface area contributed by atoms with E-state index in [9.17, 15) is 4.39 Å². The topological polar surface area (TPSA) is 35.2 Å². The largest absolute Gasteiger partial charge is 0.496 e. The van der Waals surface area contributed by atoms with Gasteiger partial charge in [-0.15, -0.1) is 0 Å². The Labute approximate surface area is 108 Å². The second kappa shape index (κ2) is 4.54. The first-order chi connectivity index (χ1) is 8.36. The summed E-state index contributed by atoms with van der Waals surface area (Å²) in [5.74, 6) is 0.440. The fourth-order valence-electron chi connectivity index (χ4n) is 3.21.